The van der Waals surface area contributed by atoms with E-state index in [0.717, 1.165) is 11.3 Å². The van der Waals surface area contributed by atoms with Gasteiger partial charge in [0.1, 0.15) is 0 Å². The van der Waals surface area contributed by atoms with E-state index in [1.807, 2.05) is 6.07 Å². The molecule has 5 nitrogen and oxygen atoms in total. The second kappa shape index (κ2) is 4.39. The molecule has 5 heteroatoms. The van der Waals surface area contributed by atoms with E-state index in [1.54, 1.807) is 30.1 Å². The number of carboxylic acid groups (broad SMARTS) is 1. The Bertz CT molecular complexity index is 603. The van der Waals surface area contributed by atoms with Crippen LogP contribution in [0.5, 0.6) is 0 Å². The van der Waals surface area contributed by atoms with E-state index >= 15 is 0 Å². The Kier molecular flexibility index (Phi) is 3.03. The first-order chi connectivity index (χ1) is 8.90. The molecule has 0 aromatic heterocycles. The number of aryl methyl sites for hydroxylation is 1. The number of nitriles is 1. The maximum Gasteiger partial charge on any atom is 0.328 e. The first-order valence-corrected chi connectivity index (χ1v) is 5.95. The molecule has 1 heterocycles. The zero-order valence-electron chi connectivity index (χ0n) is 10.8. The molecule has 1 aliphatic rings. The Morgan fingerprint density at radius 3 is 2.74 bits per heavy atom. The molecule has 0 saturated carbocycles. The summed E-state index contributed by atoms with van der Waals surface area (Å²) in [5.74, 6) is -1.13. The second-order valence-corrected chi connectivity index (χ2v) is 4.84. The van der Waals surface area contributed by atoms with E-state index in [9.17, 15) is 14.7 Å². The fourth-order valence-corrected chi connectivity index (χ4v) is 2.20. The molecule has 0 aliphatic carbocycles. The predicted molar refractivity (Wildman–Crippen MR) is 68.8 cm³/mol. The summed E-state index contributed by atoms with van der Waals surface area (Å²) in [4.78, 5) is 24.4. The monoisotopic (exact) mass is 258 g/mol. The standard InChI is InChI=1S/C14H14N2O3/c1-14(8-15,13(18)19)10-4-5-11-9(7-10)3-6-12(17)16(11)2/h4-5,7H,3,6H2,1-2H3,(H,18,19). The Morgan fingerprint density at radius 1 is 1.47 bits per heavy atom. The fraction of sp³-hybridized carbons (Fsp3) is 0.357. The van der Waals surface area contributed by atoms with E-state index in [4.69, 9.17) is 5.26 Å². The molecule has 0 spiro atoms. The minimum atomic E-state index is -1.56. The summed E-state index contributed by atoms with van der Waals surface area (Å²) in [6.07, 6.45) is 0.983. The van der Waals surface area contributed by atoms with Gasteiger partial charge < -0.3 is 10.0 Å². The van der Waals surface area contributed by atoms with Crippen LogP contribution in [0, 0.1) is 11.3 Å². The van der Waals surface area contributed by atoms with Gasteiger partial charge in [-0.05, 0) is 30.5 Å². The van der Waals surface area contributed by atoms with E-state index in [0.29, 0.717) is 18.4 Å². The smallest absolute Gasteiger partial charge is 0.328 e. The Labute approximate surface area is 111 Å². The molecular weight excluding hydrogens is 244 g/mol. The minimum absolute atomic E-state index is 0.0431. The van der Waals surface area contributed by atoms with Crippen molar-refractivity contribution in [1.29, 1.82) is 5.26 Å². The summed E-state index contributed by atoms with van der Waals surface area (Å²) < 4.78 is 0. The van der Waals surface area contributed by atoms with E-state index in [2.05, 4.69) is 0 Å². The predicted octanol–water partition coefficient (Wildman–Crippen LogP) is 1.46. The number of benzene rings is 1. The van der Waals surface area contributed by atoms with E-state index < -0.39 is 11.4 Å². The topological polar surface area (TPSA) is 81.4 Å². The Hall–Kier alpha value is -2.35. The van der Waals surface area contributed by atoms with Crippen LogP contribution in [0.3, 0.4) is 0 Å². The van der Waals surface area contributed by atoms with Crippen LogP contribution >= 0.6 is 0 Å². The molecule has 0 radical (unpaired) electrons. The van der Waals surface area contributed by atoms with Crippen LogP contribution in [0.25, 0.3) is 0 Å². The van der Waals surface area contributed by atoms with Gasteiger partial charge in [0.25, 0.3) is 0 Å². The highest BCUT2D eigenvalue weighted by molar-refractivity contribution is 5.96. The molecule has 98 valence electrons. The summed E-state index contributed by atoms with van der Waals surface area (Å²) in [5, 5.41) is 18.3. The number of fused-ring (bicyclic) bond motifs is 1. The fourth-order valence-electron chi connectivity index (χ4n) is 2.20. The van der Waals surface area contributed by atoms with Gasteiger partial charge in [-0.1, -0.05) is 12.1 Å². The van der Waals surface area contributed by atoms with E-state index in [1.165, 1.54) is 6.92 Å². The molecule has 19 heavy (non-hydrogen) atoms. The maximum absolute atomic E-state index is 11.6. The largest absolute Gasteiger partial charge is 0.480 e. The molecule has 0 bridgehead atoms. The lowest BCUT2D eigenvalue weighted by atomic mass is 9.82. The number of hydrogen-bond donors (Lipinski definition) is 1. The normalized spacial score (nSPS) is 17.3. The third-order valence-electron chi connectivity index (χ3n) is 3.65. The number of carbonyl (C=O) groups is 2. The van der Waals surface area contributed by atoms with Crippen molar-refractivity contribution in [3.05, 3.63) is 29.3 Å². The van der Waals surface area contributed by atoms with Gasteiger partial charge in [0.15, 0.2) is 5.41 Å². The number of anilines is 1. The molecule has 1 amide bonds. The molecule has 1 N–H and O–H groups in total. The van der Waals surface area contributed by atoms with Crippen LogP contribution in [-0.2, 0) is 21.4 Å². The highest BCUT2D eigenvalue weighted by atomic mass is 16.4. The number of carboxylic acids is 1. The lowest BCUT2D eigenvalue weighted by Crippen LogP contribution is -2.33. The minimum Gasteiger partial charge on any atom is -0.480 e. The van der Waals surface area contributed by atoms with Gasteiger partial charge in [-0.15, -0.1) is 0 Å². The first-order valence-electron chi connectivity index (χ1n) is 5.95. The second-order valence-electron chi connectivity index (χ2n) is 4.84. The zero-order chi connectivity index (χ0) is 14.2. The average molecular weight is 258 g/mol. The van der Waals surface area contributed by atoms with Crippen LogP contribution in [0.4, 0.5) is 5.69 Å². The van der Waals surface area contributed by atoms with Crippen molar-refractivity contribution in [2.45, 2.75) is 25.2 Å². The molecule has 2 rings (SSSR count). The van der Waals surface area contributed by atoms with Crippen LogP contribution in [0.2, 0.25) is 0 Å². The van der Waals surface area contributed by atoms with Crippen LogP contribution in [0.1, 0.15) is 24.5 Å². The lowest BCUT2D eigenvalue weighted by molar-refractivity contribution is -0.141. The maximum atomic E-state index is 11.6. The number of hydrogen-bond acceptors (Lipinski definition) is 3. The van der Waals surface area contributed by atoms with Crippen molar-refractivity contribution in [3.63, 3.8) is 0 Å². The van der Waals surface area contributed by atoms with Gasteiger partial charge in [-0.25, -0.2) is 0 Å². The van der Waals surface area contributed by atoms with Crippen molar-refractivity contribution in [2.75, 3.05) is 11.9 Å². The van der Waals surface area contributed by atoms with Crippen molar-refractivity contribution in [2.24, 2.45) is 0 Å². The van der Waals surface area contributed by atoms with Gasteiger partial charge >= 0.3 is 5.97 Å². The number of rotatable bonds is 2. The summed E-state index contributed by atoms with van der Waals surface area (Å²) in [6.45, 7) is 1.38. The highest BCUT2D eigenvalue weighted by Crippen LogP contribution is 2.32. The number of amides is 1. The Morgan fingerprint density at radius 2 is 2.16 bits per heavy atom. The molecule has 0 saturated heterocycles. The number of aliphatic carboxylic acids is 1. The average Bonchev–Trinajstić information content (AvgIpc) is 2.41. The summed E-state index contributed by atoms with van der Waals surface area (Å²) in [5.41, 5.74) is 0.576. The highest BCUT2D eigenvalue weighted by Gasteiger charge is 2.36. The molecule has 1 aromatic carbocycles. The SMILES string of the molecule is CN1C(=O)CCc2cc(C(C)(C#N)C(=O)O)ccc21. The molecular formula is C14H14N2O3. The summed E-state index contributed by atoms with van der Waals surface area (Å²) >= 11 is 0. The van der Waals surface area contributed by atoms with Gasteiger partial charge in [-0.2, -0.15) is 5.26 Å². The van der Waals surface area contributed by atoms with Crippen molar-refractivity contribution < 1.29 is 14.7 Å². The number of carbonyl (C=O) groups excluding carboxylic acids is 1. The van der Waals surface area contributed by atoms with Gasteiger partial charge in [0.05, 0.1) is 6.07 Å². The molecule has 1 aromatic rings. The summed E-state index contributed by atoms with van der Waals surface area (Å²) in [6, 6.07) is 6.87. The van der Waals surface area contributed by atoms with E-state index in [-0.39, 0.29) is 5.91 Å². The lowest BCUT2D eigenvalue weighted by Gasteiger charge is -2.27. The Balaban J connectivity index is 2.51. The molecule has 1 atom stereocenters. The zero-order valence-corrected chi connectivity index (χ0v) is 10.8. The third kappa shape index (κ3) is 1.95. The third-order valence-corrected chi connectivity index (χ3v) is 3.65. The van der Waals surface area contributed by atoms with Crippen molar-refractivity contribution >= 4 is 17.6 Å². The number of nitrogens with zero attached hydrogens (tertiary/aromatic N) is 2. The molecule has 0 fully saturated rings. The quantitative estimate of drug-likeness (QED) is 0.870. The van der Waals surface area contributed by atoms with Crippen molar-refractivity contribution in [3.8, 4) is 6.07 Å². The van der Waals surface area contributed by atoms with Crippen LogP contribution in [-0.4, -0.2) is 24.0 Å². The van der Waals surface area contributed by atoms with Gasteiger partial charge in [-0.3, -0.25) is 9.59 Å². The molecule has 1 unspecified atom stereocenters. The van der Waals surface area contributed by atoms with Gasteiger partial charge in [0.2, 0.25) is 5.91 Å². The summed E-state index contributed by atoms with van der Waals surface area (Å²) in [7, 11) is 1.70. The van der Waals surface area contributed by atoms with Crippen LogP contribution < -0.4 is 4.90 Å². The first kappa shape index (κ1) is 13.1. The van der Waals surface area contributed by atoms with Gasteiger partial charge in [0, 0.05) is 19.2 Å². The molecule has 1 aliphatic heterocycles. The van der Waals surface area contributed by atoms with Crippen molar-refractivity contribution in [1.82, 2.24) is 0 Å². The van der Waals surface area contributed by atoms with Crippen LogP contribution in [0.15, 0.2) is 18.2 Å².